The van der Waals surface area contributed by atoms with Crippen LogP contribution in [0, 0.1) is 0 Å². The Balaban J connectivity index is 2.43. The van der Waals surface area contributed by atoms with Crippen LogP contribution in [0.2, 0.25) is 0 Å². The molecule has 0 saturated carbocycles. The maximum Gasteiger partial charge on any atom is 0.238 e. The number of carbonyl (C=O) groups is 1. The van der Waals surface area contributed by atoms with Crippen molar-refractivity contribution in [2.45, 2.75) is 25.9 Å². The minimum Gasteiger partial charge on any atom is -0.389 e. The van der Waals surface area contributed by atoms with Crippen LogP contribution in [0.3, 0.4) is 0 Å². The fourth-order valence-electron chi connectivity index (χ4n) is 1.05. The number of hydrazine groups is 1. The number of rotatable bonds is 2. The zero-order chi connectivity index (χ0) is 8.48. The zero-order valence-corrected chi connectivity index (χ0v) is 6.92. The summed E-state index contributed by atoms with van der Waals surface area (Å²) in [5, 5.41) is 10.8. The van der Waals surface area contributed by atoms with Gasteiger partial charge in [0.1, 0.15) is 0 Å². The van der Waals surface area contributed by atoms with E-state index in [1.54, 1.807) is 13.8 Å². The largest absolute Gasteiger partial charge is 0.389 e. The quantitative estimate of drug-likeness (QED) is 0.569. The molecular formula is C7H14N2O2. The average Bonchev–Trinajstić information content (AvgIpc) is 2.12. The minimum absolute atomic E-state index is 0.0622. The standard InChI is InChI=1S/C7H14N2O2/c1-7(2,11)5-9-6(10)3-4-8-9/h8,11H,3-5H2,1-2H3. The summed E-state index contributed by atoms with van der Waals surface area (Å²) in [4.78, 5) is 11.0. The summed E-state index contributed by atoms with van der Waals surface area (Å²) in [6.45, 7) is 4.40. The van der Waals surface area contributed by atoms with E-state index in [0.29, 0.717) is 19.5 Å². The van der Waals surface area contributed by atoms with E-state index in [9.17, 15) is 9.90 Å². The molecule has 11 heavy (non-hydrogen) atoms. The minimum atomic E-state index is -0.812. The first kappa shape index (κ1) is 8.49. The second-order valence-corrected chi connectivity index (χ2v) is 3.45. The Morgan fingerprint density at radius 3 is 2.73 bits per heavy atom. The highest BCUT2D eigenvalue weighted by atomic mass is 16.3. The maximum atomic E-state index is 11.0. The Labute approximate surface area is 66.2 Å². The first-order valence-electron chi connectivity index (χ1n) is 3.75. The Kier molecular flexibility index (Phi) is 2.15. The van der Waals surface area contributed by atoms with Gasteiger partial charge < -0.3 is 5.11 Å². The molecule has 0 aliphatic carbocycles. The Hall–Kier alpha value is -0.610. The van der Waals surface area contributed by atoms with E-state index in [2.05, 4.69) is 5.43 Å². The molecule has 4 nitrogen and oxygen atoms in total. The number of amides is 1. The van der Waals surface area contributed by atoms with Gasteiger partial charge in [0.15, 0.2) is 0 Å². The van der Waals surface area contributed by atoms with Crippen molar-refractivity contribution < 1.29 is 9.90 Å². The number of β-amino-alcohol motifs (C(OH)–C–C–N with tert-alkyl or cyclic N) is 1. The maximum absolute atomic E-state index is 11.0. The lowest BCUT2D eigenvalue weighted by atomic mass is 10.1. The summed E-state index contributed by atoms with van der Waals surface area (Å²) in [6.07, 6.45) is 0.538. The van der Waals surface area contributed by atoms with Gasteiger partial charge >= 0.3 is 0 Å². The van der Waals surface area contributed by atoms with Crippen molar-refractivity contribution >= 4 is 5.91 Å². The van der Waals surface area contributed by atoms with Crippen LogP contribution in [-0.4, -0.2) is 34.7 Å². The third kappa shape index (κ3) is 2.48. The first-order valence-corrected chi connectivity index (χ1v) is 3.75. The summed E-state index contributed by atoms with van der Waals surface area (Å²) in [7, 11) is 0. The molecule has 1 heterocycles. The van der Waals surface area contributed by atoms with E-state index in [1.165, 1.54) is 5.01 Å². The molecule has 1 aliphatic rings. The predicted molar refractivity (Wildman–Crippen MR) is 40.6 cm³/mol. The van der Waals surface area contributed by atoms with Gasteiger partial charge in [-0.25, -0.2) is 5.43 Å². The van der Waals surface area contributed by atoms with Crippen molar-refractivity contribution in [3.63, 3.8) is 0 Å². The van der Waals surface area contributed by atoms with Gasteiger partial charge in [-0.15, -0.1) is 0 Å². The van der Waals surface area contributed by atoms with E-state index < -0.39 is 5.60 Å². The lowest BCUT2D eigenvalue weighted by molar-refractivity contribution is -0.132. The van der Waals surface area contributed by atoms with Crippen LogP contribution in [0.15, 0.2) is 0 Å². The molecule has 0 atom stereocenters. The monoisotopic (exact) mass is 158 g/mol. The van der Waals surface area contributed by atoms with Crippen molar-refractivity contribution in [3.8, 4) is 0 Å². The molecule has 0 aromatic heterocycles. The number of carbonyl (C=O) groups excluding carboxylic acids is 1. The van der Waals surface area contributed by atoms with Crippen LogP contribution in [0.25, 0.3) is 0 Å². The number of nitrogens with zero attached hydrogens (tertiary/aromatic N) is 1. The van der Waals surface area contributed by atoms with Crippen LogP contribution in [-0.2, 0) is 4.79 Å². The van der Waals surface area contributed by atoms with E-state index in [4.69, 9.17) is 0 Å². The Morgan fingerprint density at radius 2 is 2.36 bits per heavy atom. The van der Waals surface area contributed by atoms with Crippen molar-refractivity contribution in [1.29, 1.82) is 0 Å². The normalized spacial score (nSPS) is 19.5. The SMILES string of the molecule is CC(C)(O)CN1NCCC1=O. The highest BCUT2D eigenvalue weighted by molar-refractivity contribution is 5.77. The third-order valence-electron chi connectivity index (χ3n) is 1.49. The van der Waals surface area contributed by atoms with E-state index >= 15 is 0 Å². The molecule has 1 fully saturated rings. The van der Waals surface area contributed by atoms with Crippen molar-refractivity contribution in [3.05, 3.63) is 0 Å². The van der Waals surface area contributed by atoms with Crippen LogP contribution in [0.1, 0.15) is 20.3 Å². The number of aliphatic hydroxyl groups is 1. The summed E-state index contributed by atoms with van der Waals surface area (Å²) in [5.41, 5.74) is 2.07. The van der Waals surface area contributed by atoms with Gasteiger partial charge in [0.2, 0.25) is 5.91 Å². The third-order valence-corrected chi connectivity index (χ3v) is 1.49. The van der Waals surface area contributed by atoms with Crippen molar-refractivity contribution in [2.75, 3.05) is 13.1 Å². The molecule has 0 unspecified atom stereocenters. The lowest BCUT2D eigenvalue weighted by Gasteiger charge is -2.24. The zero-order valence-electron chi connectivity index (χ0n) is 6.92. The molecule has 4 heteroatoms. The molecule has 1 rings (SSSR count). The lowest BCUT2D eigenvalue weighted by Crippen LogP contribution is -2.44. The molecule has 0 bridgehead atoms. The fourth-order valence-corrected chi connectivity index (χ4v) is 1.05. The predicted octanol–water partition coefficient (Wildman–Crippen LogP) is -0.506. The highest BCUT2D eigenvalue weighted by Gasteiger charge is 2.25. The second-order valence-electron chi connectivity index (χ2n) is 3.45. The van der Waals surface area contributed by atoms with Crippen LogP contribution < -0.4 is 5.43 Å². The van der Waals surface area contributed by atoms with Crippen LogP contribution in [0.4, 0.5) is 0 Å². The van der Waals surface area contributed by atoms with E-state index in [0.717, 1.165) is 0 Å². The van der Waals surface area contributed by atoms with Crippen molar-refractivity contribution in [2.24, 2.45) is 0 Å². The van der Waals surface area contributed by atoms with Gasteiger partial charge in [-0.05, 0) is 13.8 Å². The number of hydrogen-bond acceptors (Lipinski definition) is 3. The van der Waals surface area contributed by atoms with Gasteiger partial charge in [0, 0.05) is 13.0 Å². The Morgan fingerprint density at radius 1 is 1.73 bits per heavy atom. The summed E-state index contributed by atoms with van der Waals surface area (Å²) in [5.74, 6) is 0.0622. The topological polar surface area (TPSA) is 52.6 Å². The van der Waals surface area contributed by atoms with E-state index in [1.807, 2.05) is 0 Å². The summed E-state index contributed by atoms with van der Waals surface area (Å²) < 4.78 is 0. The molecule has 0 radical (unpaired) electrons. The number of nitrogens with one attached hydrogen (secondary N) is 1. The van der Waals surface area contributed by atoms with Gasteiger partial charge in [-0.3, -0.25) is 9.80 Å². The molecule has 0 aromatic carbocycles. The molecule has 64 valence electrons. The van der Waals surface area contributed by atoms with Gasteiger partial charge in [0.25, 0.3) is 0 Å². The van der Waals surface area contributed by atoms with Gasteiger partial charge in [-0.1, -0.05) is 0 Å². The molecule has 1 amide bonds. The average molecular weight is 158 g/mol. The smallest absolute Gasteiger partial charge is 0.238 e. The Bertz CT molecular complexity index is 162. The molecule has 0 spiro atoms. The van der Waals surface area contributed by atoms with E-state index in [-0.39, 0.29) is 5.91 Å². The summed E-state index contributed by atoms with van der Waals surface area (Å²) in [6, 6.07) is 0. The van der Waals surface area contributed by atoms with Crippen LogP contribution >= 0.6 is 0 Å². The molecular weight excluding hydrogens is 144 g/mol. The van der Waals surface area contributed by atoms with Crippen molar-refractivity contribution in [1.82, 2.24) is 10.4 Å². The molecule has 1 aliphatic heterocycles. The first-order chi connectivity index (χ1) is 4.99. The summed E-state index contributed by atoms with van der Waals surface area (Å²) >= 11 is 0. The molecule has 1 saturated heterocycles. The fraction of sp³-hybridized carbons (Fsp3) is 0.857. The highest BCUT2D eigenvalue weighted by Crippen LogP contribution is 2.07. The van der Waals surface area contributed by atoms with Gasteiger partial charge in [-0.2, -0.15) is 0 Å². The van der Waals surface area contributed by atoms with Gasteiger partial charge in [0.05, 0.1) is 12.1 Å². The molecule has 2 N–H and O–H groups in total. The molecule has 0 aromatic rings. The van der Waals surface area contributed by atoms with Crippen LogP contribution in [0.5, 0.6) is 0 Å². The second kappa shape index (κ2) is 2.79. The number of hydrogen-bond donors (Lipinski definition) is 2.